The standard InChI is InChI=1S/C20H24FN3O6/c1-10-7-23(8-11(2)28-10)16-13(19-26-4-5-27-19)6-14-17(15(16)21)30-22-18(14)24-9-12(3)29-20(24)25/h6,10-12,19H,4-5,7-9H2,1-3H3/t10-,11+,12-/m0/s1. The summed E-state index contributed by atoms with van der Waals surface area (Å²) in [5.41, 5.74) is 0.890. The second-order valence-corrected chi connectivity index (χ2v) is 8.05. The zero-order valence-corrected chi connectivity index (χ0v) is 17.1. The molecule has 2 aromatic rings. The molecule has 3 aliphatic heterocycles. The lowest BCUT2D eigenvalue weighted by Crippen LogP contribution is -2.46. The molecule has 1 amide bonds. The molecule has 0 saturated carbocycles. The Morgan fingerprint density at radius 1 is 1.07 bits per heavy atom. The fraction of sp³-hybridized carbons (Fsp3) is 0.600. The molecule has 162 valence electrons. The highest BCUT2D eigenvalue weighted by Gasteiger charge is 2.37. The third kappa shape index (κ3) is 3.19. The van der Waals surface area contributed by atoms with Crippen molar-refractivity contribution >= 4 is 28.6 Å². The van der Waals surface area contributed by atoms with Crippen molar-refractivity contribution in [1.29, 1.82) is 0 Å². The number of rotatable bonds is 3. The van der Waals surface area contributed by atoms with Gasteiger partial charge in [-0.2, -0.15) is 0 Å². The number of benzene rings is 1. The predicted molar refractivity (Wildman–Crippen MR) is 104 cm³/mol. The Bertz CT molecular complexity index is 965. The lowest BCUT2D eigenvalue weighted by molar-refractivity contribution is -0.0445. The normalized spacial score (nSPS) is 28.0. The highest BCUT2D eigenvalue weighted by molar-refractivity contribution is 6.00. The SMILES string of the molecule is C[C@@H]1CN(c2c(C3OCCO3)cc3c(N4C[C@H](C)OC4=O)noc3c2F)C[C@H](C)O1. The molecule has 0 aliphatic carbocycles. The van der Waals surface area contributed by atoms with Crippen LogP contribution >= 0.6 is 0 Å². The van der Waals surface area contributed by atoms with Crippen molar-refractivity contribution in [2.24, 2.45) is 0 Å². The van der Waals surface area contributed by atoms with Crippen LogP contribution in [0.15, 0.2) is 10.6 Å². The van der Waals surface area contributed by atoms with E-state index in [0.717, 1.165) is 0 Å². The van der Waals surface area contributed by atoms with Crippen molar-refractivity contribution in [2.45, 2.75) is 45.4 Å². The Labute approximate surface area is 172 Å². The van der Waals surface area contributed by atoms with Crippen LogP contribution in [0.4, 0.5) is 20.7 Å². The molecule has 5 rings (SSSR count). The van der Waals surface area contributed by atoms with Gasteiger partial charge in [0.2, 0.25) is 5.58 Å². The molecule has 30 heavy (non-hydrogen) atoms. The van der Waals surface area contributed by atoms with Gasteiger partial charge in [0, 0.05) is 18.7 Å². The summed E-state index contributed by atoms with van der Waals surface area (Å²) in [6, 6.07) is 1.75. The number of amides is 1. The van der Waals surface area contributed by atoms with Gasteiger partial charge in [0.15, 0.2) is 17.9 Å². The van der Waals surface area contributed by atoms with E-state index in [4.69, 9.17) is 23.5 Å². The number of fused-ring (bicyclic) bond motifs is 1. The predicted octanol–water partition coefficient (Wildman–Crippen LogP) is 2.97. The highest BCUT2D eigenvalue weighted by Crippen LogP contribution is 2.42. The summed E-state index contributed by atoms with van der Waals surface area (Å²) in [7, 11) is 0. The van der Waals surface area contributed by atoms with Crippen LogP contribution < -0.4 is 9.80 Å². The van der Waals surface area contributed by atoms with Gasteiger partial charge < -0.3 is 28.4 Å². The zero-order chi connectivity index (χ0) is 21.0. The molecule has 0 N–H and O–H groups in total. The number of hydrogen-bond acceptors (Lipinski definition) is 8. The molecule has 0 spiro atoms. The summed E-state index contributed by atoms with van der Waals surface area (Å²) in [6.07, 6.45) is -1.65. The lowest BCUT2D eigenvalue weighted by atomic mass is 10.0. The third-order valence-electron chi connectivity index (χ3n) is 5.52. The van der Waals surface area contributed by atoms with Gasteiger partial charge in [-0.3, -0.25) is 4.90 Å². The van der Waals surface area contributed by atoms with E-state index in [2.05, 4.69) is 5.16 Å². The minimum Gasteiger partial charge on any atom is -0.444 e. The maximum absolute atomic E-state index is 15.8. The minimum absolute atomic E-state index is 0.0131. The van der Waals surface area contributed by atoms with Crippen molar-refractivity contribution in [3.8, 4) is 0 Å². The largest absolute Gasteiger partial charge is 0.444 e. The van der Waals surface area contributed by atoms with Crippen LogP contribution in [0.25, 0.3) is 11.0 Å². The fourth-order valence-corrected chi connectivity index (χ4v) is 4.41. The van der Waals surface area contributed by atoms with Gasteiger partial charge in [-0.1, -0.05) is 5.16 Å². The first-order valence-corrected chi connectivity index (χ1v) is 10.2. The average molecular weight is 421 g/mol. The van der Waals surface area contributed by atoms with Crippen LogP contribution in [0.3, 0.4) is 0 Å². The average Bonchev–Trinajstić information content (AvgIpc) is 3.40. The first kappa shape index (κ1) is 19.5. The molecule has 3 saturated heterocycles. The number of cyclic esters (lactones) is 1. The van der Waals surface area contributed by atoms with E-state index in [-0.39, 0.29) is 29.7 Å². The number of morpholine rings is 1. The molecule has 3 fully saturated rings. The Morgan fingerprint density at radius 3 is 2.40 bits per heavy atom. The van der Waals surface area contributed by atoms with Crippen LogP contribution in [0, 0.1) is 5.82 Å². The summed E-state index contributed by atoms with van der Waals surface area (Å²) >= 11 is 0. The van der Waals surface area contributed by atoms with Crippen LogP contribution in [0.5, 0.6) is 0 Å². The van der Waals surface area contributed by atoms with Crippen LogP contribution in [-0.4, -0.2) is 62.4 Å². The monoisotopic (exact) mass is 421 g/mol. The number of anilines is 2. The maximum atomic E-state index is 15.8. The van der Waals surface area contributed by atoms with E-state index in [9.17, 15) is 4.79 Å². The number of hydrogen-bond donors (Lipinski definition) is 0. The second kappa shape index (κ2) is 7.36. The van der Waals surface area contributed by atoms with Gasteiger partial charge in [0.05, 0.1) is 43.0 Å². The van der Waals surface area contributed by atoms with Crippen molar-refractivity contribution in [3.05, 3.63) is 17.4 Å². The summed E-state index contributed by atoms with van der Waals surface area (Å²) in [5, 5.41) is 4.37. The third-order valence-corrected chi connectivity index (χ3v) is 5.52. The number of nitrogens with zero attached hydrogens (tertiary/aromatic N) is 3. The lowest BCUT2D eigenvalue weighted by Gasteiger charge is -2.38. The van der Waals surface area contributed by atoms with Crippen molar-refractivity contribution in [3.63, 3.8) is 0 Å². The van der Waals surface area contributed by atoms with E-state index in [1.807, 2.05) is 18.7 Å². The molecule has 0 unspecified atom stereocenters. The summed E-state index contributed by atoms with van der Waals surface area (Å²) in [5.74, 6) is -0.324. The number of carbonyl (C=O) groups excluding carboxylic acids is 1. The van der Waals surface area contributed by atoms with E-state index in [1.165, 1.54) is 4.90 Å². The Morgan fingerprint density at radius 2 is 1.77 bits per heavy atom. The highest BCUT2D eigenvalue weighted by atomic mass is 19.1. The van der Waals surface area contributed by atoms with Crippen LogP contribution in [-0.2, 0) is 18.9 Å². The van der Waals surface area contributed by atoms with Gasteiger partial charge in [-0.25, -0.2) is 9.18 Å². The molecule has 4 heterocycles. The first-order valence-electron chi connectivity index (χ1n) is 10.2. The fourth-order valence-electron chi connectivity index (χ4n) is 4.41. The molecule has 3 atom stereocenters. The van der Waals surface area contributed by atoms with E-state index >= 15 is 4.39 Å². The van der Waals surface area contributed by atoms with Crippen molar-refractivity contribution in [2.75, 3.05) is 42.6 Å². The van der Waals surface area contributed by atoms with Gasteiger partial charge in [-0.15, -0.1) is 0 Å². The van der Waals surface area contributed by atoms with Gasteiger partial charge in [0.25, 0.3) is 0 Å². The maximum Gasteiger partial charge on any atom is 0.416 e. The summed E-state index contributed by atoms with van der Waals surface area (Å²) in [6.45, 7) is 7.88. The Balaban J connectivity index is 1.65. The number of halogens is 1. The summed E-state index contributed by atoms with van der Waals surface area (Å²) in [4.78, 5) is 15.5. The molecule has 10 heteroatoms. The molecule has 9 nitrogen and oxygen atoms in total. The molecular formula is C20H24FN3O6. The van der Waals surface area contributed by atoms with Gasteiger partial charge >= 0.3 is 6.09 Å². The molecule has 1 aromatic heterocycles. The van der Waals surface area contributed by atoms with Crippen LogP contribution in [0.1, 0.15) is 32.6 Å². The number of ether oxygens (including phenoxy) is 4. The number of aromatic nitrogens is 1. The molecule has 0 bridgehead atoms. The minimum atomic E-state index is -0.709. The Hall–Kier alpha value is -2.43. The molecule has 1 aromatic carbocycles. The quantitative estimate of drug-likeness (QED) is 0.748. The van der Waals surface area contributed by atoms with E-state index in [0.29, 0.717) is 49.5 Å². The number of carbonyl (C=O) groups is 1. The molecule has 0 radical (unpaired) electrons. The second-order valence-electron chi connectivity index (χ2n) is 8.05. The summed E-state index contributed by atoms with van der Waals surface area (Å²) < 4.78 is 43.6. The van der Waals surface area contributed by atoms with E-state index < -0.39 is 18.2 Å². The van der Waals surface area contributed by atoms with Gasteiger partial charge in [-0.05, 0) is 26.8 Å². The Kier molecular flexibility index (Phi) is 4.79. The molecular weight excluding hydrogens is 397 g/mol. The van der Waals surface area contributed by atoms with Gasteiger partial charge in [0.1, 0.15) is 6.10 Å². The topological polar surface area (TPSA) is 86.5 Å². The smallest absolute Gasteiger partial charge is 0.416 e. The molecule has 3 aliphatic rings. The zero-order valence-electron chi connectivity index (χ0n) is 17.1. The first-order chi connectivity index (χ1) is 14.4. The van der Waals surface area contributed by atoms with E-state index in [1.54, 1.807) is 13.0 Å². The van der Waals surface area contributed by atoms with Crippen LogP contribution in [0.2, 0.25) is 0 Å². The van der Waals surface area contributed by atoms with Crippen molar-refractivity contribution < 1.29 is 32.7 Å². The van der Waals surface area contributed by atoms with Crippen molar-refractivity contribution in [1.82, 2.24) is 5.16 Å².